The van der Waals surface area contributed by atoms with Crippen molar-refractivity contribution in [3.63, 3.8) is 0 Å². The van der Waals surface area contributed by atoms with Crippen molar-refractivity contribution in [1.29, 1.82) is 0 Å². The van der Waals surface area contributed by atoms with Gasteiger partial charge in [0.05, 0.1) is 23.0 Å². The first-order valence-electron chi connectivity index (χ1n) is 9.66. The Bertz CT molecular complexity index is 1370. The van der Waals surface area contributed by atoms with Crippen molar-refractivity contribution in [2.45, 2.75) is 6.92 Å². The molecule has 1 aliphatic rings. The first-order valence-corrected chi connectivity index (χ1v) is 9.66. The number of hydrogen-bond donors (Lipinski definition) is 1. The predicted molar refractivity (Wildman–Crippen MR) is 118 cm³/mol. The van der Waals surface area contributed by atoms with Gasteiger partial charge in [-0.2, -0.15) is 5.10 Å². The number of ether oxygens (including phenoxy) is 2. The molecule has 0 aliphatic carbocycles. The van der Waals surface area contributed by atoms with E-state index in [1.54, 1.807) is 0 Å². The fourth-order valence-electron chi connectivity index (χ4n) is 3.35. The second-order valence-corrected chi connectivity index (χ2v) is 7.02. The van der Waals surface area contributed by atoms with Crippen LogP contribution in [0, 0.1) is 17.0 Å². The van der Waals surface area contributed by atoms with Gasteiger partial charge in [-0.1, -0.05) is 42.0 Å². The van der Waals surface area contributed by atoms with E-state index in [1.165, 1.54) is 12.3 Å². The first kappa shape index (κ1) is 19.4. The maximum atomic E-state index is 11.4. The first-order chi connectivity index (χ1) is 15.6. The van der Waals surface area contributed by atoms with Crippen LogP contribution in [0.25, 0.3) is 22.2 Å². The molecule has 0 unspecified atom stereocenters. The Kier molecular flexibility index (Phi) is 4.79. The number of hydrazone groups is 1. The minimum atomic E-state index is -0.605. The normalized spacial score (nSPS) is 12.4. The summed E-state index contributed by atoms with van der Waals surface area (Å²) in [4.78, 5) is 23.8. The number of benzene rings is 2. The van der Waals surface area contributed by atoms with Gasteiger partial charge in [-0.15, -0.1) is 0 Å². The number of nitrogens with zero attached hydrogens (tertiary/aromatic N) is 5. The third-order valence-electron chi connectivity index (χ3n) is 4.81. The fraction of sp³-hybridized carbons (Fsp3) is 0.0909. The Morgan fingerprint density at radius 2 is 1.94 bits per heavy atom. The number of nitro groups is 1. The molecular weight excluding hydrogens is 412 g/mol. The number of nitrogens with one attached hydrogen (secondary N) is 1. The van der Waals surface area contributed by atoms with E-state index < -0.39 is 4.92 Å². The van der Waals surface area contributed by atoms with Crippen LogP contribution in [0.3, 0.4) is 0 Å². The number of hydrogen-bond acceptors (Lipinski definition) is 9. The number of aromatic nitrogens is 3. The van der Waals surface area contributed by atoms with Crippen LogP contribution in [0.2, 0.25) is 0 Å². The van der Waals surface area contributed by atoms with Gasteiger partial charge in [0.25, 0.3) is 0 Å². The van der Waals surface area contributed by atoms with Crippen LogP contribution in [0.5, 0.6) is 11.6 Å². The van der Waals surface area contributed by atoms with Crippen LogP contribution in [0.15, 0.2) is 59.7 Å². The molecule has 0 fully saturated rings. The summed E-state index contributed by atoms with van der Waals surface area (Å²) in [6.45, 7) is 1.97. The van der Waals surface area contributed by atoms with Gasteiger partial charge >= 0.3 is 11.7 Å². The van der Waals surface area contributed by atoms with Crippen LogP contribution < -0.4 is 14.9 Å². The maximum Gasteiger partial charge on any atom is 0.376 e. The smallest absolute Gasteiger partial charge is 0.376 e. The molecular formula is C22H16N6O4. The quantitative estimate of drug-likeness (QED) is 0.286. The van der Waals surface area contributed by atoms with Crippen LogP contribution >= 0.6 is 0 Å². The number of rotatable bonds is 5. The molecule has 0 amide bonds. The molecule has 0 saturated carbocycles. The lowest BCUT2D eigenvalue weighted by atomic mass is 10.0. The molecule has 0 bridgehead atoms. The van der Waals surface area contributed by atoms with Crippen molar-refractivity contribution >= 4 is 28.9 Å². The standard InChI is InChI=1S/C22H16N6O4/c1-13-7-8-17-16(9-13)19(14-5-3-2-4-6-14)25-22(24-17)27-23-11-15-10-18-21(32-12-31-18)26-20(15)28(29)30/h2-11H,12H2,1H3,(H,24,25,27)/b23-11+. The van der Waals surface area contributed by atoms with Gasteiger partial charge in [-0.25, -0.2) is 15.4 Å². The van der Waals surface area contributed by atoms with Gasteiger partial charge in [0.2, 0.25) is 18.5 Å². The second kappa shape index (κ2) is 7.91. The Hall–Kier alpha value is -4.60. The van der Waals surface area contributed by atoms with Crippen LogP contribution in [-0.4, -0.2) is 32.9 Å². The van der Waals surface area contributed by atoms with Gasteiger partial charge in [0, 0.05) is 22.0 Å². The molecule has 2 aromatic carbocycles. The van der Waals surface area contributed by atoms with Crippen molar-refractivity contribution in [3.8, 4) is 22.9 Å². The number of aryl methyl sites for hydroxylation is 1. The van der Waals surface area contributed by atoms with E-state index in [9.17, 15) is 10.1 Å². The van der Waals surface area contributed by atoms with E-state index in [-0.39, 0.29) is 30.0 Å². The van der Waals surface area contributed by atoms with E-state index in [1.807, 2.05) is 55.5 Å². The summed E-state index contributed by atoms with van der Waals surface area (Å²) in [7, 11) is 0. The number of pyridine rings is 1. The third-order valence-corrected chi connectivity index (χ3v) is 4.81. The summed E-state index contributed by atoms with van der Waals surface area (Å²) >= 11 is 0. The summed E-state index contributed by atoms with van der Waals surface area (Å²) in [5.74, 6) is 0.274. The summed E-state index contributed by atoms with van der Waals surface area (Å²) in [5.41, 5.74) is 6.47. The topological polar surface area (TPSA) is 125 Å². The summed E-state index contributed by atoms with van der Waals surface area (Å²) < 4.78 is 10.4. The Morgan fingerprint density at radius 1 is 1.09 bits per heavy atom. The van der Waals surface area contributed by atoms with Gasteiger partial charge in [-0.3, -0.25) is 0 Å². The number of anilines is 1. The summed E-state index contributed by atoms with van der Waals surface area (Å²) in [6.07, 6.45) is 1.28. The van der Waals surface area contributed by atoms with Gasteiger partial charge in [0.15, 0.2) is 0 Å². The minimum absolute atomic E-state index is 0.0367. The van der Waals surface area contributed by atoms with E-state index in [0.29, 0.717) is 5.75 Å². The van der Waals surface area contributed by atoms with Crippen molar-refractivity contribution in [3.05, 3.63) is 75.8 Å². The van der Waals surface area contributed by atoms with Crippen molar-refractivity contribution in [2.24, 2.45) is 5.10 Å². The van der Waals surface area contributed by atoms with Crippen molar-refractivity contribution in [1.82, 2.24) is 15.0 Å². The van der Waals surface area contributed by atoms with Crippen LogP contribution in [-0.2, 0) is 0 Å². The minimum Gasteiger partial charge on any atom is -0.449 e. The summed E-state index contributed by atoms with van der Waals surface area (Å²) in [5, 5.41) is 16.4. The molecule has 1 N–H and O–H groups in total. The van der Waals surface area contributed by atoms with E-state index in [2.05, 4.69) is 25.5 Å². The molecule has 10 heteroatoms. The zero-order valence-electron chi connectivity index (χ0n) is 16.8. The molecule has 0 radical (unpaired) electrons. The Labute approximate surface area is 181 Å². The van der Waals surface area contributed by atoms with E-state index >= 15 is 0 Å². The average molecular weight is 428 g/mol. The highest BCUT2D eigenvalue weighted by Crippen LogP contribution is 2.34. The van der Waals surface area contributed by atoms with Crippen molar-refractivity contribution in [2.75, 3.05) is 12.2 Å². The van der Waals surface area contributed by atoms with Crippen molar-refractivity contribution < 1.29 is 14.4 Å². The maximum absolute atomic E-state index is 11.4. The van der Waals surface area contributed by atoms with Gasteiger partial charge in [-0.05, 0) is 24.0 Å². The molecule has 2 aromatic heterocycles. The van der Waals surface area contributed by atoms with Gasteiger partial charge in [0.1, 0.15) is 0 Å². The molecule has 0 spiro atoms. The number of fused-ring (bicyclic) bond motifs is 2. The molecule has 32 heavy (non-hydrogen) atoms. The highest BCUT2D eigenvalue weighted by molar-refractivity contribution is 5.93. The molecule has 1 aliphatic heterocycles. The second-order valence-electron chi connectivity index (χ2n) is 7.02. The fourth-order valence-corrected chi connectivity index (χ4v) is 3.35. The predicted octanol–water partition coefficient (Wildman–Crippen LogP) is 4.08. The molecule has 10 nitrogen and oxygen atoms in total. The largest absolute Gasteiger partial charge is 0.449 e. The molecule has 0 atom stereocenters. The van der Waals surface area contributed by atoms with Crippen LogP contribution in [0.1, 0.15) is 11.1 Å². The van der Waals surface area contributed by atoms with E-state index in [0.717, 1.165) is 27.7 Å². The highest BCUT2D eigenvalue weighted by Gasteiger charge is 2.27. The lowest BCUT2D eigenvalue weighted by Gasteiger charge is -2.09. The Morgan fingerprint density at radius 3 is 2.75 bits per heavy atom. The Balaban J connectivity index is 1.51. The SMILES string of the molecule is Cc1ccc2nc(N/N=C/c3cc4c(nc3[N+](=O)[O-])OCO4)nc(-c3ccccc3)c2c1. The van der Waals surface area contributed by atoms with Crippen LogP contribution in [0.4, 0.5) is 11.8 Å². The molecule has 158 valence electrons. The lowest BCUT2D eigenvalue weighted by molar-refractivity contribution is -0.389. The lowest BCUT2D eigenvalue weighted by Crippen LogP contribution is -2.02. The molecule has 5 rings (SSSR count). The highest BCUT2D eigenvalue weighted by atomic mass is 16.7. The monoisotopic (exact) mass is 428 g/mol. The van der Waals surface area contributed by atoms with E-state index in [4.69, 9.17) is 9.47 Å². The van der Waals surface area contributed by atoms with Gasteiger partial charge < -0.3 is 19.6 Å². The zero-order chi connectivity index (χ0) is 22.1. The zero-order valence-corrected chi connectivity index (χ0v) is 16.8. The molecule has 4 aromatic rings. The molecule has 3 heterocycles. The third kappa shape index (κ3) is 3.65. The molecule has 0 saturated heterocycles. The average Bonchev–Trinajstić information content (AvgIpc) is 3.26. The summed E-state index contributed by atoms with van der Waals surface area (Å²) in [6, 6.07) is 17.1.